The Kier molecular flexibility index (Phi) is 2.61. The molecule has 0 radical (unpaired) electrons. The normalized spacial score (nSPS) is 11.9. The fraction of sp³-hybridized carbons (Fsp3) is 0.200. The van der Waals surface area contributed by atoms with Crippen LogP contribution in [0.2, 0.25) is 0 Å². The molecule has 0 bridgehead atoms. The van der Waals surface area contributed by atoms with E-state index in [2.05, 4.69) is 9.97 Å². The Bertz CT molecular complexity index is 712. The van der Waals surface area contributed by atoms with Crippen molar-refractivity contribution in [1.29, 1.82) is 0 Å². The summed E-state index contributed by atoms with van der Waals surface area (Å²) < 4.78 is 5.78. The van der Waals surface area contributed by atoms with Gasteiger partial charge >= 0.3 is 0 Å². The Balaban J connectivity index is 2.22. The molecule has 0 aliphatic carbocycles. The lowest BCUT2D eigenvalue weighted by Crippen LogP contribution is -2.15. The first-order valence-electron chi connectivity index (χ1n) is 6.09. The molecule has 0 unspecified atom stereocenters. The van der Waals surface area contributed by atoms with Crippen molar-refractivity contribution in [1.82, 2.24) is 9.97 Å². The Morgan fingerprint density at radius 2 is 1.84 bits per heavy atom. The van der Waals surface area contributed by atoms with Gasteiger partial charge in [0.15, 0.2) is 11.2 Å². The lowest BCUT2D eigenvalue weighted by atomic mass is 9.99. The van der Waals surface area contributed by atoms with Gasteiger partial charge in [0.1, 0.15) is 0 Å². The summed E-state index contributed by atoms with van der Waals surface area (Å²) in [4.78, 5) is 8.55. The fourth-order valence-electron chi connectivity index (χ4n) is 2.02. The molecule has 4 heteroatoms. The standard InChI is InChI=1S/C15H14N2O2/c1-15(2,18)11-8-9-16-13-12(11)19-14(17-13)10-6-4-3-5-7-10/h3-9,18H,1-2H3. The molecule has 1 aromatic carbocycles. The van der Waals surface area contributed by atoms with Crippen LogP contribution in [-0.4, -0.2) is 15.1 Å². The van der Waals surface area contributed by atoms with Gasteiger partial charge in [-0.05, 0) is 32.0 Å². The van der Waals surface area contributed by atoms with E-state index in [0.29, 0.717) is 22.7 Å². The minimum absolute atomic E-state index is 0.512. The Hall–Kier alpha value is -2.20. The third-order valence-electron chi connectivity index (χ3n) is 2.97. The largest absolute Gasteiger partial charge is 0.434 e. The van der Waals surface area contributed by atoms with Crippen molar-refractivity contribution in [2.75, 3.05) is 0 Å². The number of benzene rings is 1. The summed E-state index contributed by atoms with van der Waals surface area (Å²) in [6.45, 7) is 3.43. The zero-order valence-corrected chi connectivity index (χ0v) is 10.8. The lowest BCUT2D eigenvalue weighted by molar-refractivity contribution is 0.0791. The van der Waals surface area contributed by atoms with E-state index in [9.17, 15) is 5.11 Å². The number of hydrogen-bond acceptors (Lipinski definition) is 4. The number of hydrogen-bond donors (Lipinski definition) is 1. The van der Waals surface area contributed by atoms with Gasteiger partial charge in [0.05, 0.1) is 5.60 Å². The Morgan fingerprint density at radius 1 is 1.11 bits per heavy atom. The number of fused-ring (bicyclic) bond motifs is 1. The first-order valence-corrected chi connectivity index (χ1v) is 6.09. The van der Waals surface area contributed by atoms with E-state index in [0.717, 1.165) is 5.56 Å². The Morgan fingerprint density at radius 3 is 2.53 bits per heavy atom. The number of pyridine rings is 1. The second kappa shape index (κ2) is 4.17. The van der Waals surface area contributed by atoms with Crippen LogP contribution < -0.4 is 0 Å². The van der Waals surface area contributed by atoms with Gasteiger partial charge in [0.2, 0.25) is 5.89 Å². The number of nitrogens with zero attached hydrogens (tertiary/aromatic N) is 2. The van der Waals surface area contributed by atoms with Crippen LogP contribution in [-0.2, 0) is 5.60 Å². The van der Waals surface area contributed by atoms with Gasteiger partial charge in [-0.2, -0.15) is 4.98 Å². The average Bonchev–Trinajstić information content (AvgIpc) is 2.82. The number of aromatic nitrogens is 2. The van der Waals surface area contributed by atoms with E-state index in [1.165, 1.54) is 0 Å². The molecule has 0 atom stereocenters. The van der Waals surface area contributed by atoms with Crippen LogP contribution in [0.5, 0.6) is 0 Å². The van der Waals surface area contributed by atoms with E-state index in [4.69, 9.17) is 4.42 Å². The molecule has 1 N–H and O–H groups in total. The third-order valence-corrected chi connectivity index (χ3v) is 2.97. The summed E-state index contributed by atoms with van der Waals surface area (Å²) in [5.41, 5.74) is 1.64. The predicted octanol–water partition coefficient (Wildman–Crippen LogP) is 3.12. The molecule has 2 aromatic heterocycles. The predicted molar refractivity (Wildman–Crippen MR) is 72.5 cm³/mol. The molecule has 0 fully saturated rings. The van der Waals surface area contributed by atoms with Crippen molar-refractivity contribution in [2.45, 2.75) is 19.4 Å². The molecule has 19 heavy (non-hydrogen) atoms. The lowest BCUT2D eigenvalue weighted by Gasteiger charge is -2.16. The van der Waals surface area contributed by atoms with Crippen LogP contribution in [0.15, 0.2) is 47.0 Å². The van der Waals surface area contributed by atoms with Crippen LogP contribution in [0.3, 0.4) is 0 Å². The molecule has 3 aromatic rings. The smallest absolute Gasteiger partial charge is 0.228 e. The van der Waals surface area contributed by atoms with Gasteiger partial charge in [-0.25, -0.2) is 4.98 Å². The van der Waals surface area contributed by atoms with Crippen molar-refractivity contribution in [3.8, 4) is 11.5 Å². The minimum Gasteiger partial charge on any atom is -0.434 e. The summed E-state index contributed by atoms with van der Waals surface area (Å²) in [6.07, 6.45) is 1.63. The summed E-state index contributed by atoms with van der Waals surface area (Å²) in [7, 11) is 0. The number of aliphatic hydroxyl groups is 1. The molecule has 0 spiro atoms. The maximum Gasteiger partial charge on any atom is 0.228 e. The minimum atomic E-state index is -0.991. The second-order valence-electron chi connectivity index (χ2n) is 4.96. The zero-order chi connectivity index (χ0) is 13.5. The quantitative estimate of drug-likeness (QED) is 0.763. The summed E-state index contributed by atoms with van der Waals surface area (Å²) in [5.74, 6) is 0.514. The van der Waals surface area contributed by atoms with Crippen molar-refractivity contribution in [2.24, 2.45) is 0 Å². The summed E-state index contributed by atoms with van der Waals surface area (Å²) in [5, 5.41) is 10.2. The maximum atomic E-state index is 10.2. The van der Waals surface area contributed by atoms with Crippen molar-refractivity contribution in [3.63, 3.8) is 0 Å². The number of rotatable bonds is 2. The molecule has 96 valence electrons. The van der Waals surface area contributed by atoms with Crippen LogP contribution >= 0.6 is 0 Å². The van der Waals surface area contributed by atoms with Gasteiger partial charge in [-0.3, -0.25) is 0 Å². The van der Waals surface area contributed by atoms with Crippen LogP contribution in [0.4, 0.5) is 0 Å². The first-order chi connectivity index (χ1) is 9.05. The highest BCUT2D eigenvalue weighted by molar-refractivity contribution is 5.76. The zero-order valence-electron chi connectivity index (χ0n) is 10.8. The van der Waals surface area contributed by atoms with Gasteiger partial charge < -0.3 is 9.52 Å². The third kappa shape index (κ3) is 2.11. The van der Waals surface area contributed by atoms with E-state index in [-0.39, 0.29) is 0 Å². The monoisotopic (exact) mass is 254 g/mol. The molecule has 0 aliphatic rings. The van der Waals surface area contributed by atoms with Crippen molar-refractivity contribution in [3.05, 3.63) is 48.2 Å². The highest BCUT2D eigenvalue weighted by Gasteiger charge is 2.23. The fourth-order valence-corrected chi connectivity index (χ4v) is 2.02. The molecule has 0 saturated carbocycles. The van der Waals surface area contributed by atoms with Crippen molar-refractivity contribution >= 4 is 11.2 Å². The Labute approximate surface area is 110 Å². The molecular formula is C15H14N2O2. The summed E-state index contributed by atoms with van der Waals surface area (Å²) in [6, 6.07) is 11.4. The van der Waals surface area contributed by atoms with Crippen molar-refractivity contribution < 1.29 is 9.52 Å². The van der Waals surface area contributed by atoms with Gasteiger partial charge in [0.25, 0.3) is 0 Å². The van der Waals surface area contributed by atoms with Crippen LogP contribution in [0.25, 0.3) is 22.7 Å². The average molecular weight is 254 g/mol. The highest BCUT2D eigenvalue weighted by Crippen LogP contribution is 2.30. The first kappa shape index (κ1) is 11.9. The van der Waals surface area contributed by atoms with Gasteiger partial charge in [-0.15, -0.1) is 0 Å². The molecule has 0 aliphatic heterocycles. The van der Waals surface area contributed by atoms with Gasteiger partial charge in [0, 0.05) is 17.3 Å². The molecule has 2 heterocycles. The molecule has 0 saturated heterocycles. The number of oxazole rings is 1. The molecule has 0 amide bonds. The van der Waals surface area contributed by atoms with E-state index < -0.39 is 5.60 Å². The summed E-state index contributed by atoms with van der Waals surface area (Å²) >= 11 is 0. The van der Waals surface area contributed by atoms with E-state index in [1.807, 2.05) is 30.3 Å². The van der Waals surface area contributed by atoms with E-state index >= 15 is 0 Å². The maximum absolute atomic E-state index is 10.2. The topological polar surface area (TPSA) is 59.2 Å². The SMILES string of the molecule is CC(C)(O)c1ccnc2nc(-c3ccccc3)oc12. The van der Waals surface area contributed by atoms with Gasteiger partial charge in [-0.1, -0.05) is 18.2 Å². The second-order valence-corrected chi connectivity index (χ2v) is 4.96. The van der Waals surface area contributed by atoms with Crippen LogP contribution in [0.1, 0.15) is 19.4 Å². The molecule has 3 rings (SSSR count). The highest BCUT2D eigenvalue weighted by atomic mass is 16.4. The van der Waals surface area contributed by atoms with Crippen LogP contribution in [0, 0.1) is 0 Å². The van der Waals surface area contributed by atoms with E-state index in [1.54, 1.807) is 26.1 Å². The molecular weight excluding hydrogens is 240 g/mol. The molecule has 4 nitrogen and oxygen atoms in total.